The number of nitro groups is 1. The fourth-order valence-corrected chi connectivity index (χ4v) is 2.94. The van der Waals surface area contributed by atoms with Crippen LogP contribution < -0.4 is 10.8 Å². The summed E-state index contributed by atoms with van der Waals surface area (Å²) in [4.78, 5) is 23.1. The first-order valence-corrected chi connectivity index (χ1v) is 9.88. The number of nitrogens with one attached hydrogen (secondary N) is 1. The molecule has 3 rings (SSSR count). The molecule has 1 saturated heterocycles. The second-order valence-electron chi connectivity index (χ2n) is 9.38. The van der Waals surface area contributed by atoms with Crippen molar-refractivity contribution in [1.29, 1.82) is 0 Å². The number of hydrogen-bond acceptors (Lipinski definition) is 7. The van der Waals surface area contributed by atoms with Crippen LogP contribution in [0.15, 0.2) is 30.5 Å². The molecule has 11 heteroatoms. The maximum atomic E-state index is 12.0. The highest BCUT2D eigenvalue weighted by molar-refractivity contribution is 6.63. The van der Waals surface area contributed by atoms with Crippen LogP contribution in [0.4, 0.5) is 16.3 Å². The Morgan fingerprint density at radius 2 is 1.84 bits per heavy atom. The summed E-state index contributed by atoms with van der Waals surface area (Å²) in [6, 6.07) is 6.73. The average Bonchev–Trinajstić information content (AvgIpc) is 3.12. The van der Waals surface area contributed by atoms with Crippen LogP contribution in [0.5, 0.6) is 0 Å². The lowest BCUT2D eigenvalue weighted by atomic mass is 9.81. The van der Waals surface area contributed by atoms with Crippen LogP contribution in [0.3, 0.4) is 0 Å². The van der Waals surface area contributed by atoms with Gasteiger partial charge in [0, 0.05) is 5.69 Å². The van der Waals surface area contributed by atoms with Crippen LogP contribution in [0, 0.1) is 10.1 Å². The molecule has 0 aliphatic carbocycles. The number of nitrogens with zero attached hydrogens (tertiary/aromatic N) is 3. The molecule has 1 aromatic heterocycles. The van der Waals surface area contributed by atoms with E-state index in [1.165, 1.54) is 10.9 Å². The molecule has 0 spiro atoms. The Morgan fingerprint density at radius 1 is 1.23 bits per heavy atom. The summed E-state index contributed by atoms with van der Waals surface area (Å²) in [5.41, 5.74) is -0.742. The Labute approximate surface area is 181 Å². The van der Waals surface area contributed by atoms with Gasteiger partial charge >= 0.3 is 19.0 Å². The number of benzene rings is 1. The largest absolute Gasteiger partial charge is 0.505 e. The van der Waals surface area contributed by atoms with Crippen molar-refractivity contribution < 1.29 is 23.8 Å². The Morgan fingerprint density at radius 3 is 2.39 bits per heavy atom. The molecule has 1 aliphatic rings. The van der Waals surface area contributed by atoms with Gasteiger partial charge in [-0.2, -0.15) is 0 Å². The molecule has 1 amide bonds. The van der Waals surface area contributed by atoms with E-state index in [-0.39, 0.29) is 11.3 Å². The van der Waals surface area contributed by atoms with E-state index in [1.807, 2.05) is 27.7 Å². The summed E-state index contributed by atoms with van der Waals surface area (Å²) in [7, 11) is -0.928. The van der Waals surface area contributed by atoms with E-state index < -0.39 is 34.9 Å². The van der Waals surface area contributed by atoms with Crippen molar-refractivity contribution >= 4 is 30.2 Å². The number of carbonyl (C=O) groups is 1. The molecule has 31 heavy (non-hydrogen) atoms. The lowest BCUT2D eigenvalue weighted by Gasteiger charge is -2.32. The molecular formula is C20H27BN4O6. The van der Waals surface area contributed by atoms with Gasteiger partial charge in [-0.3, -0.25) is 5.32 Å². The second-order valence-corrected chi connectivity index (χ2v) is 9.38. The molecule has 166 valence electrons. The standard InChI is InChI=1S/C20H27BN4O6/c1-18(2,3)29-17(26)22-13-9-8-10-14(11-13)24-12-15(16(23-24)25(27)28)21-30-19(4,5)20(6,7)31-21/h8-12H,1-7H3,(H,22,26). The fraction of sp³-hybridized carbons (Fsp3) is 0.500. The summed E-state index contributed by atoms with van der Waals surface area (Å²) in [5, 5.41) is 18.4. The quantitative estimate of drug-likeness (QED) is 0.449. The topological polar surface area (TPSA) is 118 Å². The van der Waals surface area contributed by atoms with Gasteiger partial charge in [-0.15, -0.1) is 4.68 Å². The fourth-order valence-electron chi connectivity index (χ4n) is 2.94. The van der Waals surface area contributed by atoms with Crippen LogP contribution in [0.25, 0.3) is 5.69 Å². The van der Waals surface area contributed by atoms with Crippen molar-refractivity contribution in [3.63, 3.8) is 0 Å². The van der Waals surface area contributed by atoms with E-state index in [9.17, 15) is 14.9 Å². The molecule has 0 saturated carbocycles. The van der Waals surface area contributed by atoms with E-state index in [0.29, 0.717) is 11.4 Å². The molecule has 1 aromatic carbocycles. The van der Waals surface area contributed by atoms with Gasteiger partial charge in [0.2, 0.25) is 0 Å². The van der Waals surface area contributed by atoms with Gasteiger partial charge in [-0.05, 0) is 71.6 Å². The third-order valence-corrected chi connectivity index (χ3v) is 5.16. The highest BCUT2D eigenvalue weighted by Crippen LogP contribution is 2.37. The van der Waals surface area contributed by atoms with Crippen molar-refractivity contribution in [2.75, 3.05) is 5.32 Å². The molecule has 0 unspecified atom stereocenters. The minimum Gasteiger partial charge on any atom is -0.444 e. The first-order valence-electron chi connectivity index (χ1n) is 9.88. The van der Waals surface area contributed by atoms with E-state index >= 15 is 0 Å². The van der Waals surface area contributed by atoms with E-state index in [1.54, 1.807) is 45.0 Å². The van der Waals surface area contributed by atoms with Crippen LogP contribution >= 0.6 is 0 Å². The lowest BCUT2D eigenvalue weighted by molar-refractivity contribution is -0.388. The molecule has 1 N–H and O–H groups in total. The molecule has 10 nitrogen and oxygen atoms in total. The number of aromatic nitrogens is 2. The smallest absolute Gasteiger partial charge is 0.444 e. The Hall–Kier alpha value is -2.92. The Kier molecular flexibility index (Phi) is 5.62. The first kappa shape index (κ1) is 22.8. The Balaban J connectivity index is 1.90. The van der Waals surface area contributed by atoms with E-state index in [0.717, 1.165) is 0 Å². The zero-order valence-electron chi connectivity index (χ0n) is 18.8. The summed E-state index contributed by atoms with van der Waals surface area (Å²) in [6.07, 6.45) is 0.904. The lowest BCUT2D eigenvalue weighted by Crippen LogP contribution is -2.41. The number of ether oxygens (including phenoxy) is 1. The average molecular weight is 430 g/mol. The van der Waals surface area contributed by atoms with Crippen molar-refractivity contribution in [3.05, 3.63) is 40.6 Å². The highest BCUT2D eigenvalue weighted by atomic mass is 16.7. The van der Waals surface area contributed by atoms with Gasteiger partial charge in [0.1, 0.15) is 11.1 Å². The van der Waals surface area contributed by atoms with E-state index in [2.05, 4.69) is 10.4 Å². The summed E-state index contributed by atoms with van der Waals surface area (Å²) < 4.78 is 18.5. The van der Waals surface area contributed by atoms with Gasteiger partial charge < -0.3 is 24.2 Å². The van der Waals surface area contributed by atoms with Crippen LogP contribution in [-0.4, -0.2) is 44.7 Å². The van der Waals surface area contributed by atoms with E-state index in [4.69, 9.17) is 14.0 Å². The zero-order chi connectivity index (χ0) is 23.2. The predicted molar refractivity (Wildman–Crippen MR) is 116 cm³/mol. The third kappa shape index (κ3) is 4.88. The first-order chi connectivity index (χ1) is 14.2. The van der Waals surface area contributed by atoms with Crippen LogP contribution in [-0.2, 0) is 14.0 Å². The summed E-state index contributed by atoms with van der Waals surface area (Å²) in [5.74, 6) is -0.357. The summed E-state index contributed by atoms with van der Waals surface area (Å²) >= 11 is 0. The van der Waals surface area contributed by atoms with Gasteiger partial charge in [0.25, 0.3) is 0 Å². The maximum absolute atomic E-state index is 12.0. The molecule has 0 radical (unpaired) electrons. The van der Waals surface area contributed by atoms with Gasteiger partial charge in [-0.25, -0.2) is 4.79 Å². The predicted octanol–water partition coefficient (Wildman–Crippen LogP) is 3.43. The zero-order valence-corrected chi connectivity index (χ0v) is 18.8. The maximum Gasteiger partial charge on any atom is 0.505 e. The van der Waals surface area contributed by atoms with Crippen molar-refractivity contribution in [1.82, 2.24) is 9.78 Å². The highest BCUT2D eigenvalue weighted by Gasteiger charge is 2.54. The minimum absolute atomic E-state index is 0.217. The number of rotatable bonds is 4. The normalized spacial score (nSPS) is 17.5. The van der Waals surface area contributed by atoms with Crippen LogP contribution in [0.1, 0.15) is 48.5 Å². The molecule has 0 atom stereocenters. The summed E-state index contributed by atoms with van der Waals surface area (Å²) in [6.45, 7) is 12.8. The molecule has 0 bridgehead atoms. The minimum atomic E-state index is -0.928. The van der Waals surface area contributed by atoms with Crippen molar-refractivity contribution in [2.45, 2.75) is 65.3 Å². The van der Waals surface area contributed by atoms with Crippen molar-refractivity contribution in [3.8, 4) is 5.69 Å². The SMILES string of the molecule is CC(C)(C)OC(=O)Nc1cccc(-n2cc(B3OC(C)(C)C(C)(C)O3)c([N+](=O)[O-])n2)c1. The molecule has 1 aliphatic heterocycles. The number of anilines is 1. The molecule has 2 heterocycles. The van der Waals surface area contributed by atoms with Gasteiger partial charge in [0.15, 0.2) is 0 Å². The molecular weight excluding hydrogens is 403 g/mol. The third-order valence-electron chi connectivity index (χ3n) is 5.16. The number of hydrogen-bond donors (Lipinski definition) is 1. The number of amides is 1. The van der Waals surface area contributed by atoms with Gasteiger partial charge in [0.05, 0.1) is 28.2 Å². The number of carbonyl (C=O) groups excluding carboxylic acids is 1. The molecule has 2 aromatic rings. The second kappa shape index (κ2) is 7.65. The van der Waals surface area contributed by atoms with Gasteiger partial charge in [-0.1, -0.05) is 6.07 Å². The van der Waals surface area contributed by atoms with Crippen LogP contribution in [0.2, 0.25) is 0 Å². The Bertz CT molecular complexity index is 995. The molecule has 1 fully saturated rings. The van der Waals surface area contributed by atoms with Crippen molar-refractivity contribution in [2.24, 2.45) is 0 Å². The monoisotopic (exact) mass is 430 g/mol.